The smallest absolute Gasteiger partial charge is 0.251 e. The normalized spacial score (nSPS) is 10.5. The second kappa shape index (κ2) is 8.42. The molecule has 0 aromatic heterocycles. The van der Waals surface area contributed by atoms with Gasteiger partial charge in [0.2, 0.25) is 5.91 Å². The van der Waals surface area contributed by atoms with Crippen LogP contribution in [0.15, 0.2) is 24.3 Å². The fraction of sp³-hybridized carbons (Fsp3) is 0.500. The van der Waals surface area contributed by atoms with Crippen molar-refractivity contribution in [1.82, 2.24) is 10.2 Å². The van der Waals surface area contributed by atoms with Crippen LogP contribution in [-0.2, 0) is 4.79 Å². The van der Waals surface area contributed by atoms with E-state index in [1.165, 1.54) is 6.92 Å². The van der Waals surface area contributed by atoms with E-state index in [-0.39, 0.29) is 11.8 Å². The molecule has 2 amide bonds. The van der Waals surface area contributed by atoms with Crippen molar-refractivity contribution in [2.24, 2.45) is 0 Å². The Labute approximate surface area is 126 Å². The third-order valence-electron chi connectivity index (χ3n) is 3.60. The van der Waals surface area contributed by atoms with Crippen LogP contribution in [0.3, 0.4) is 0 Å². The first-order valence-electron chi connectivity index (χ1n) is 7.34. The predicted molar refractivity (Wildman–Crippen MR) is 85.6 cm³/mol. The molecule has 0 atom stereocenters. The summed E-state index contributed by atoms with van der Waals surface area (Å²) in [5.74, 6) is -0.120. The first-order valence-corrected chi connectivity index (χ1v) is 7.34. The number of carbonyl (C=O) groups excluding carboxylic acids is 2. The number of hydrogen-bond donors (Lipinski definition) is 1. The van der Waals surface area contributed by atoms with E-state index < -0.39 is 0 Å². The largest absolute Gasteiger partial charge is 0.351 e. The van der Waals surface area contributed by atoms with E-state index in [2.05, 4.69) is 24.1 Å². The molecular weight excluding hydrogens is 266 g/mol. The average Bonchev–Trinajstić information content (AvgIpc) is 2.50. The van der Waals surface area contributed by atoms with Crippen molar-refractivity contribution in [3.63, 3.8) is 0 Å². The molecule has 21 heavy (non-hydrogen) atoms. The number of nitrogens with one attached hydrogen (secondary N) is 1. The van der Waals surface area contributed by atoms with Gasteiger partial charge >= 0.3 is 0 Å². The molecule has 0 fully saturated rings. The predicted octanol–water partition coefficient (Wildman–Crippen LogP) is 1.74. The van der Waals surface area contributed by atoms with Gasteiger partial charge in [-0.3, -0.25) is 9.59 Å². The van der Waals surface area contributed by atoms with Crippen molar-refractivity contribution in [2.75, 3.05) is 38.1 Å². The number of nitrogens with zero attached hydrogens (tertiary/aromatic N) is 2. The topological polar surface area (TPSA) is 52.7 Å². The first kappa shape index (κ1) is 17.2. The Morgan fingerprint density at radius 1 is 1.10 bits per heavy atom. The lowest BCUT2D eigenvalue weighted by molar-refractivity contribution is -0.116. The Morgan fingerprint density at radius 3 is 2.14 bits per heavy atom. The third kappa shape index (κ3) is 5.19. The van der Waals surface area contributed by atoms with Crippen LogP contribution in [0.4, 0.5) is 5.69 Å². The Morgan fingerprint density at radius 2 is 1.67 bits per heavy atom. The van der Waals surface area contributed by atoms with Crippen LogP contribution in [0.25, 0.3) is 0 Å². The lowest BCUT2D eigenvalue weighted by atomic mass is 10.2. The third-order valence-corrected chi connectivity index (χ3v) is 3.60. The highest BCUT2D eigenvalue weighted by Gasteiger charge is 2.08. The van der Waals surface area contributed by atoms with Crippen molar-refractivity contribution in [2.45, 2.75) is 20.8 Å². The Bertz CT molecular complexity index is 467. The van der Waals surface area contributed by atoms with Crippen LogP contribution in [0.2, 0.25) is 0 Å². The number of anilines is 1. The zero-order valence-electron chi connectivity index (χ0n) is 13.3. The molecule has 0 aliphatic carbocycles. The lowest BCUT2D eigenvalue weighted by Gasteiger charge is -2.18. The Balaban J connectivity index is 2.53. The quantitative estimate of drug-likeness (QED) is 0.832. The van der Waals surface area contributed by atoms with Crippen LogP contribution in [0.5, 0.6) is 0 Å². The van der Waals surface area contributed by atoms with Crippen LogP contribution in [0, 0.1) is 0 Å². The molecule has 0 heterocycles. The van der Waals surface area contributed by atoms with Crippen molar-refractivity contribution in [1.29, 1.82) is 0 Å². The Hall–Kier alpha value is -1.88. The van der Waals surface area contributed by atoms with Crippen molar-refractivity contribution >= 4 is 17.5 Å². The highest BCUT2D eigenvalue weighted by Crippen LogP contribution is 2.13. The molecule has 0 spiro atoms. The van der Waals surface area contributed by atoms with Gasteiger partial charge in [-0.05, 0) is 37.4 Å². The minimum Gasteiger partial charge on any atom is -0.351 e. The first-order chi connectivity index (χ1) is 9.99. The standard InChI is InChI=1S/C16H25N3O2/c1-5-19(6-2)12-11-17-16(21)14-7-9-15(10-8-14)18(4)13(3)20/h7-10H,5-6,11-12H2,1-4H3,(H,17,21). The average molecular weight is 291 g/mol. The van der Waals surface area contributed by atoms with Crippen molar-refractivity contribution in [3.8, 4) is 0 Å². The molecule has 116 valence electrons. The van der Waals surface area contributed by atoms with Gasteiger partial charge in [-0.2, -0.15) is 0 Å². The van der Waals surface area contributed by atoms with Gasteiger partial charge in [0.25, 0.3) is 5.91 Å². The summed E-state index contributed by atoms with van der Waals surface area (Å²) in [7, 11) is 1.71. The van der Waals surface area contributed by atoms with Crippen LogP contribution in [0.1, 0.15) is 31.1 Å². The van der Waals surface area contributed by atoms with Gasteiger partial charge in [-0.25, -0.2) is 0 Å². The summed E-state index contributed by atoms with van der Waals surface area (Å²) < 4.78 is 0. The minimum absolute atomic E-state index is 0.0357. The van der Waals surface area contributed by atoms with Gasteiger partial charge in [-0.1, -0.05) is 13.8 Å². The van der Waals surface area contributed by atoms with Crippen molar-refractivity contribution in [3.05, 3.63) is 29.8 Å². The molecule has 1 rings (SSSR count). The fourth-order valence-corrected chi connectivity index (χ4v) is 1.99. The van der Waals surface area contributed by atoms with Crippen molar-refractivity contribution < 1.29 is 9.59 Å². The van der Waals surface area contributed by atoms with Gasteiger partial charge in [0, 0.05) is 38.3 Å². The lowest BCUT2D eigenvalue weighted by Crippen LogP contribution is -2.34. The molecule has 0 aliphatic rings. The molecule has 1 aromatic rings. The van der Waals surface area contributed by atoms with Crippen LogP contribution >= 0.6 is 0 Å². The SMILES string of the molecule is CCN(CC)CCNC(=O)c1ccc(N(C)C(C)=O)cc1. The van der Waals surface area contributed by atoms with E-state index in [1.54, 1.807) is 36.2 Å². The van der Waals surface area contributed by atoms with Crippen LogP contribution in [-0.4, -0.2) is 49.9 Å². The summed E-state index contributed by atoms with van der Waals surface area (Å²) in [5.41, 5.74) is 1.39. The second-order valence-electron chi connectivity index (χ2n) is 4.91. The minimum atomic E-state index is -0.0841. The Kier molecular flexibility index (Phi) is 6.88. The van der Waals surface area contributed by atoms with E-state index >= 15 is 0 Å². The molecule has 0 aliphatic heterocycles. The van der Waals surface area contributed by atoms with Crippen LogP contribution < -0.4 is 10.2 Å². The van der Waals surface area contributed by atoms with Gasteiger partial charge < -0.3 is 15.1 Å². The number of rotatable bonds is 7. The number of likely N-dealkylation sites (N-methyl/N-ethyl adjacent to an activating group) is 1. The summed E-state index contributed by atoms with van der Waals surface area (Å²) in [5, 5.41) is 2.91. The number of hydrogen-bond acceptors (Lipinski definition) is 3. The zero-order valence-corrected chi connectivity index (χ0v) is 13.3. The second-order valence-corrected chi connectivity index (χ2v) is 4.91. The number of carbonyl (C=O) groups is 2. The molecule has 0 unspecified atom stereocenters. The molecule has 0 bridgehead atoms. The van der Waals surface area contributed by atoms with Gasteiger partial charge in [0.05, 0.1) is 0 Å². The molecule has 1 N–H and O–H groups in total. The van der Waals surface area contributed by atoms with E-state index in [0.29, 0.717) is 12.1 Å². The maximum absolute atomic E-state index is 12.0. The summed E-state index contributed by atoms with van der Waals surface area (Å²) >= 11 is 0. The molecule has 0 saturated heterocycles. The number of benzene rings is 1. The molecule has 0 saturated carbocycles. The van der Waals surface area contributed by atoms with E-state index in [0.717, 1.165) is 25.3 Å². The summed E-state index contributed by atoms with van der Waals surface area (Å²) in [6.45, 7) is 9.18. The molecular formula is C16H25N3O2. The molecule has 0 radical (unpaired) electrons. The molecule has 1 aromatic carbocycles. The maximum atomic E-state index is 12.0. The van der Waals surface area contributed by atoms with Gasteiger partial charge in [-0.15, -0.1) is 0 Å². The summed E-state index contributed by atoms with van der Waals surface area (Å²) in [6, 6.07) is 7.03. The summed E-state index contributed by atoms with van der Waals surface area (Å²) in [4.78, 5) is 27.1. The highest BCUT2D eigenvalue weighted by molar-refractivity contribution is 5.95. The summed E-state index contributed by atoms with van der Waals surface area (Å²) in [6.07, 6.45) is 0. The monoisotopic (exact) mass is 291 g/mol. The highest BCUT2D eigenvalue weighted by atomic mass is 16.2. The molecule has 5 heteroatoms. The molecule has 5 nitrogen and oxygen atoms in total. The van der Waals surface area contributed by atoms with Gasteiger partial charge in [0.15, 0.2) is 0 Å². The van der Waals surface area contributed by atoms with Gasteiger partial charge in [0.1, 0.15) is 0 Å². The maximum Gasteiger partial charge on any atom is 0.251 e. The van der Waals surface area contributed by atoms with E-state index in [9.17, 15) is 9.59 Å². The number of amides is 2. The fourth-order valence-electron chi connectivity index (χ4n) is 1.99. The zero-order chi connectivity index (χ0) is 15.8. The van der Waals surface area contributed by atoms with E-state index in [1.807, 2.05) is 0 Å². The van der Waals surface area contributed by atoms with E-state index in [4.69, 9.17) is 0 Å².